The number of hydrogen-bond donors (Lipinski definition) is 1. The van der Waals surface area contributed by atoms with Gasteiger partial charge in [-0.3, -0.25) is 4.68 Å². The van der Waals surface area contributed by atoms with Crippen LogP contribution >= 0.6 is 27.3 Å². The summed E-state index contributed by atoms with van der Waals surface area (Å²) in [6, 6.07) is 4.03. The van der Waals surface area contributed by atoms with Crippen LogP contribution in [0.3, 0.4) is 0 Å². The van der Waals surface area contributed by atoms with Gasteiger partial charge in [-0.1, -0.05) is 0 Å². The second kappa shape index (κ2) is 4.69. The molecule has 1 atom stereocenters. The highest BCUT2D eigenvalue weighted by Gasteiger charge is 2.14. The fourth-order valence-corrected chi connectivity index (χ4v) is 3.23. The number of rotatable bonds is 3. The van der Waals surface area contributed by atoms with Gasteiger partial charge in [0.1, 0.15) is 0 Å². The van der Waals surface area contributed by atoms with Crippen molar-refractivity contribution in [1.82, 2.24) is 9.78 Å². The molecular formula is C11H13BrN2OS. The lowest BCUT2D eigenvalue weighted by Gasteiger charge is -2.07. The van der Waals surface area contributed by atoms with Crippen molar-refractivity contribution in [2.24, 2.45) is 7.05 Å². The predicted molar refractivity (Wildman–Crippen MR) is 68.6 cm³/mol. The lowest BCUT2D eigenvalue weighted by Crippen LogP contribution is -2.00. The molecule has 0 saturated heterocycles. The van der Waals surface area contributed by atoms with Crippen LogP contribution in [0.1, 0.15) is 22.2 Å². The summed E-state index contributed by atoms with van der Waals surface area (Å²) < 4.78 is 2.83. The van der Waals surface area contributed by atoms with Crippen molar-refractivity contribution in [3.8, 4) is 0 Å². The molecule has 0 radical (unpaired) electrons. The number of aryl methyl sites for hydroxylation is 2. The van der Waals surface area contributed by atoms with E-state index in [1.54, 1.807) is 16.0 Å². The third-order valence-corrected chi connectivity index (χ3v) is 4.08. The van der Waals surface area contributed by atoms with Crippen molar-refractivity contribution in [3.63, 3.8) is 0 Å². The van der Waals surface area contributed by atoms with Crippen LogP contribution in [0.5, 0.6) is 0 Å². The van der Waals surface area contributed by atoms with Gasteiger partial charge in [-0.25, -0.2) is 0 Å². The van der Waals surface area contributed by atoms with Crippen LogP contribution in [0, 0.1) is 6.92 Å². The van der Waals surface area contributed by atoms with E-state index in [0.29, 0.717) is 6.42 Å². The molecule has 0 aliphatic rings. The summed E-state index contributed by atoms with van der Waals surface area (Å²) in [6.45, 7) is 1.92. The first kappa shape index (κ1) is 11.8. The Kier molecular flexibility index (Phi) is 3.47. The molecule has 0 saturated carbocycles. The Morgan fingerprint density at radius 2 is 2.31 bits per heavy atom. The highest BCUT2D eigenvalue weighted by Crippen LogP contribution is 2.27. The van der Waals surface area contributed by atoms with E-state index in [2.05, 4.69) is 21.0 Å². The fourth-order valence-electron chi connectivity index (χ4n) is 1.71. The maximum absolute atomic E-state index is 10.1. The molecule has 86 valence electrons. The first-order valence-electron chi connectivity index (χ1n) is 4.98. The first-order chi connectivity index (χ1) is 7.56. The topological polar surface area (TPSA) is 38.0 Å². The number of halogens is 1. The normalized spacial score (nSPS) is 13.0. The van der Waals surface area contributed by atoms with E-state index in [9.17, 15) is 5.11 Å². The van der Waals surface area contributed by atoms with Gasteiger partial charge in [0.15, 0.2) is 0 Å². The van der Waals surface area contributed by atoms with Crippen molar-refractivity contribution >= 4 is 27.3 Å². The van der Waals surface area contributed by atoms with Crippen LogP contribution < -0.4 is 0 Å². The molecule has 3 nitrogen and oxygen atoms in total. The fraction of sp³-hybridized carbons (Fsp3) is 0.364. The standard InChI is InChI=1S/C11H13BrN2OS/c1-7-9(6-14(2)13-7)10(15)5-8-3-4-11(12)16-8/h3-4,6,10,15H,5H2,1-2H3. The number of nitrogens with zero attached hydrogens (tertiary/aromatic N) is 2. The quantitative estimate of drug-likeness (QED) is 0.946. The van der Waals surface area contributed by atoms with Crippen LogP contribution in [0.25, 0.3) is 0 Å². The van der Waals surface area contributed by atoms with E-state index in [-0.39, 0.29) is 0 Å². The van der Waals surface area contributed by atoms with Gasteiger partial charge in [0.25, 0.3) is 0 Å². The van der Waals surface area contributed by atoms with Crippen LogP contribution in [-0.2, 0) is 13.5 Å². The molecule has 16 heavy (non-hydrogen) atoms. The third-order valence-electron chi connectivity index (χ3n) is 2.43. The van der Waals surface area contributed by atoms with Gasteiger partial charge in [0.05, 0.1) is 15.6 Å². The van der Waals surface area contributed by atoms with Crippen molar-refractivity contribution in [1.29, 1.82) is 0 Å². The van der Waals surface area contributed by atoms with Crippen molar-refractivity contribution in [2.45, 2.75) is 19.4 Å². The van der Waals surface area contributed by atoms with Gasteiger partial charge in [-0.05, 0) is 35.0 Å². The maximum Gasteiger partial charge on any atom is 0.0871 e. The van der Waals surface area contributed by atoms with Crippen LogP contribution in [0.4, 0.5) is 0 Å². The molecule has 2 rings (SSSR count). The molecule has 0 spiro atoms. The second-order valence-corrected chi connectivity index (χ2v) is 6.32. The molecule has 5 heteroatoms. The Hall–Kier alpha value is -0.650. The molecular weight excluding hydrogens is 288 g/mol. The molecule has 1 N–H and O–H groups in total. The van der Waals surface area contributed by atoms with Gasteiger partial charge in [0.2, 0.25) is 0 Å². The summed E-state index contributed by atoms with van der Waals surface area (Å²) in [5.41, 5.74) is 1.80. The SMILES string of the molecule is Cc1nn(C)cc1C(O)Cc1ccc(Br)s1. The summed E-state index contributed by atoms with van der Waals surface area (Å²) in [6.07, 6.45) is 2.05. The van der Waals surface area contributed by atoms with E-state index < -0.39 is 6.10 Å². The predicted octanol–water partition coefficient (Wildman–Crippen LogP) is 2.83. The summed E-state index contributed by atoms with van der Waals surface area (Å²) in [5.74, 6) is 0. The van der Waals surface area contributed by atoms with Gasteiger partial charge in [-0.2, -0.15) is 5.10 Å². The number of aliphatic hydroxyl groups excluding tert-OH is 1. The van der Waals surface area contributed by atoms with E-state index >= 15 is 0 Å². The van der Waals surface area contributed by atoms with Crippen LogP contribution in [0.2, 0.25) is 0 Å². The lowest BCUT2D eigenvalue weighted by molar-refractivity contribution is 0.178. The van der Waals surface area contributed by atoms with Crippen molar-refractivity contribution < 1.29 is 5.11 Å². The summed E-state index contributed by atoms with van der Waals surface area (Å²) in [4.78, 5) is 1.17. The van der Waals surface area contributed by atoms with Crippen LogP contribution in [0.15, 0.2) is 22.1 Å². The molecule has 0 aromatic carbocycles. The minimum absolute atomic E-state index is 0.473. The van der Waals surface area contributed by atoms with E-state index in [0.717, 1.165) is 15.0 Å². The Morgan fingerprint density at radius 1 is 1.56 bits per heavy atom. The van der Waals surface area contributed by atoms with E-state index in [4.69, 9.17) is 0 Å². The third kappa shape index (κ3) is 2.53. The van der Waals surface area contributed by atoms with E-state index in [1.165, 1.54) is 4.88 Å². The summed E-state index contributed by atoms with van der Waals surface area (Å²) in [7, 11) is 1.87. The lowest BCUT2D eigenvalue weighted by atomic mass is 10.1. The molecule has 2 heterocycles. The molecule has 0 fully saturated rings. The van der Waals surface area contributed by atoms with Gasteiger partial charge in [-0.15, -0.1) is 11.3 Å². The molecule has 0 aliphatic carbocycles. The van der Waals surface area contributed by atoms with Gasteiger partial charge >= 0.3 is 0 Å². The number of hydrogen-bond acceptors (Lipinski definition) is 3. The summed E-state index contributed by atoms with van der Waals surface area (Å²) >= 11 is 5.07. The molecule has 0 aliphatic heterocycles. The van der Waals surface area contributed by atoms with Gasteiger partial charge < -0.3 is 5.11 Å². The Bertz CT molecular complexity index is 492. The zero-order valence-corrected chi connectivity index (χ0v) is 11.5. The zero-order chi connectivity index (χ0) is 11.7. The first-order valence-corrected chi connectivity index (χ1v) is 6.59. The van der Waals surface area contributed by atoms with Crippen molar-refractivity contribution in [2.75, 3.05) is 0 Å². The number of aromatic nitrogens is 2. The molecule has 2 aromatic heterocycles. The monoisotopic (exact) mass is 300 g/mol. The zero-order valence-electron chi connectivity index (χ0n) is 9.14. The molecule has 1 unspecified atom stereocenters. The molecule has 0 bridgehead atoms. The second-order valence-electron chi connectivity index (χ2n) is 3.77. The number of thiophene rings is 1. The smallest absolute Gasteiger partial charge is 0.0871 e. The Labute approximate surface area is 107 Å². The Balaban J connectivity index is 2.14. The van der Waals surface area contributed by atoms with E-state index in [1.807, 2.05) is 32.3 Å². The van der Waals surface area contributed by atoms with Gasteiger partial charge in [0, 0.05) is 30.1 Å². The highest BCUT2D eigenvalue weighted by atomic mass is 79.9. The maximum atomic E-state index is 10.1. The molecule has 2 aromatic rings. The highest BCUT2D eigenvalue weighted by molar-refractivity contribution is 9.11. The summed E-state index contributed by atoms with van der Waals surface area (Å²) in [5, 5.41) is 14.3. The molecule has 0 amide bonds. The van der Waals surface area contributed by atoms with Crippen molar-refractivity contribution in [3.05, 3.63) is 38.3 Å². The minimum atomic E-state index is -0.473. The van der Waals surface area contributed by atoms with Crippen LogP contribution in [-0.4, -0.2) is 14.9 Å². The largest absolute Gasteiger partial charge is 0.388 e. The number of aliphatic hydroxyl groups is 1. The average Bonchev–Trinajstić information content (AvgIpc) is 2.73. The Morgan fingerprint density at radius 3 is 2.81 bits per heavy atom. The minimum Gasteiger partial charge on any atom is -0.388 e. The average molecular weight is 301 g/mol.